The zero-order chi connectivity index (χ0) is 11.4. The van der Waals surface area contributed by atoms with Crippen molar-refractivity contribution in [2.75, 3.05) is 6.54 Å². The van der Waals surface area contributed by atoms with Gasteiger partial charge in [-0.15, -0.1) is 0 Å². The topological polar surface area (TPSA) is 25.2 Å². The lowest BCUT2D eigenvalue weighted by molar-refractivity contribution is 0.455. The average Bonchev–Trinajstić information content (AvgIpc) is 2.88. The van der Waals surface area contributed by atoms with E-state index >= 15 is 0 Å². The minimum atomic E-state index is 0.363. The van der Waals surface area contributed by atoms with Crippen molar-refractivity contribution in [1.82, 2.24) is 5.32 Å². The summed E-state index contributed by atoms with van der Waals surface area (Å²) < 4.78 is 5.41. The summed E-state index contributed by atoms with van der Waals surface area (Å²) in [6.45, 7) is 5.27. The van der Waals surface area contributed by atoms with Gasteiger partial charge in [0.1, 0.15) is 5.76 Å². The van der Waals surface area contributed by atoms with Gasteiger partial charge in [0, 0.05) is 12.5 Å². The fraction of sp³-hybridized carbons (Fsp3) is 0.385. The highest BCUT2D eigenvalue weighted by Gasteiger charge is 2.15. The molecule has 2 nitrogen and oxygen atoms in total. The summed E-state index contributed by atoms with van der Waals surface area (Å²) in [5, 5.41) is 7.93. The van der Waals surface area contributed by atoms with Crippen LogP contribution >= 0.6 is 11.3 Å². The van der Waals surface area contributed by atoms with Crippen molar-refractivity contribution >= 4 is 11.3 Å². The van der Waals surface area contributed by atoms with Gasteiger partial charge in [0.15, 0.2) is 0 Å². The molecule has 0 saturated heterocycles. The highest BCUT2D eigenvalue weighted by Crippen LogP contribution is 2.25. The van der Waals surface area contributed by atoms with Gasteiger partial charge >= 0.3 is 0 Å². The number of thiophene rings is 1. The maximum Gasteiger partial charge on any atom is 0.105 e. The van der Waals surface area contributed by atoms with Crippen LogP contribution in [0.15, 0.2) is 33.6 Å². The third-order valence-corrected chi connectivity index (χ3v) is 3.59. The Morgan fingerprint density at radius 2 is 2.31 bits per heavy atom. The van der Waals surface area contributed by atoms with Crippen molar-refractivity contribution in [3.05, 3.63) is 46.0 Å². The number of furan rings is 1. The zero-order valence-corrected chi connectivity index (χ0v) is 10.5. The van der Waals surface area contributed by atoms with Crippen LogP contribution in [0.2, 0.25) is 0 Å². The SMILES string of the molecule is CCNC(Cc1ccco1)c1cscc1C. The molecule has 2 heterocycles. The number of hydrogen-bond acceptors (Lipinski definition) is 3. The second kappa shape index (κ2) is 5.32. The van der Waals surface area contributed by atoms with Crippen LogP contribution in [0.3, 0.4) is 0 Å². The fourth-order valence-corrected chi connectivity index (χ4v) is 2.80. The normalized spacial score (nSPS) is 12.9. The highest BCUT2D eigenvalue weighted by atomic mass is 32.1. The largest absolute Gasteiger partial charge is 0.469 e. The lowest BCUT2D eigenvalue weighted by Crippen LogP contribution is -2.22. The Morgan fingerprint density at radius 3 is 2.88 bits per heavy atom. The fourth-order valence-electron chi connectivity index (χ4n) is 1.90. The molecular formula is C13H17NOS. The molecule has 0 aromatic carbocycles. The van der Waals surface area contributed by atoms with E-state index < -0.39 is 0 Å². The Morgan fingerprint density at radius 1 is 1.44 bits per heavy atom. The van der Waals surface area contributed by atoms with E-state index in [4.69, 9.17) is 4.42 Å². The molecule has 0 radical (unpaired) electrons. The third kappa shape index (κ3) is 2.54. The number of hydrogen-bond donors (Lipinski definition) is 1. The van der Waals surface area contributed by atoms with Crippen LogP contribution in [0.25, 0.3) is 0 Å². The van der Waals surface area contributed by atoms with E-state index in [-0.39, 0.29) is 0 Å². The third-order valence-electron chi connectivity index (χ3n) is 2.71. The van der Waals surface area contributed by atoms with Crippen LogP contribution in [-0.2, 0) is 6.42 Å². The molecule has 1 N–H and O–H groups in total. The quantitative estimate of drug-likeness (QED) is 0.857. The summed E-state index contributed by atoms with van der Waals surface area (Å²) in [4.78, 5) is 0. The Hall–Kier alpha value is -1.06. The van der Waals surface area contributed by atoms with Crippen molar-refractivity contribution in [2.45, 2.75) is 26.3 Å². The van der Waals surface area contributed by atoms with E-state index in [1.807, 2.05) is 12.1 Å². The molecule has 86 valence electrons. The van der Waals surface area contributed by atoms with E-state index in [9.17, 15) is 0 Å². The molecule has 0 aliphatic heterocycles. The molecule has 0 amide bonds. The molecule has 16 heavy (non-hydrogen) atoms. The molecule has 0 fully saturated rings. The molecule has 0 aliphatic rings. The molecule has 3 heteroatoms. The van der Waals surface area contributed by atoms with Gasteiger partial charge in [-0.2, -0.15) is 11.3 Å². The van der Waals surface area contributed by atoms with Crippen LogP contribution in [0.4, 0.5) is 0 Å². The van der Waals surface area contributed by atoms with E-state index in [2.05, 4.69) is 29.9 Å². The van der Waals surface area contributed by atoms with Gasteiger partial charge in [-0.1, -0.05) is 6.92 Å². The lowest BCUT2D eigenvalue weighted by Gasteiger charge is -2.16. The van der Waals surface area contributed by atoms with Crippen LogP contribution in [-0.4, -0.2) is 6.54 Å². The van der Waals surface area contributed by atoms with Gasteiger partial charge in [-0.25, -0.2) is 0 Å². The smallest absolute Gasteiger partial charge is 0.105 e. The first-order chi connectivity index (χ1) is 7.81. The van der Waals surface area contributed by atoms with Crippen LogP contribution < -0.4 is 5.32 Å². The first kappa shape index (κ1) is 11.4. The summed E-state index contributed by atoms with van der Waals surface area (Å²) in [5.74, 6) is 1.04. The van der Waals surface area contributed by atoms with Gasteiger partial charge in [0.2, 0.25) is 0 Å². The van der Waals surface area contributed by atoms with Crippen molar-refractivity contribution in [3.8, 4) is 0 Å². The van der Waals surface area contributed by atoms with Gasteiger partial charge in [0.25, 0.3) is 0 Å². The van der Waals surface area contributed by atoms with Crippen molar-refractivity contribution in [3.63, 3.8) is 0 Å². The van der Waals surface area contributed by atoms with Crippen LogP contribution in [0.5, 0.6) is 0 Å². The van der Waals surface area contributed by atoms with Crippen molar-refractivity contribution < 1.29 is 4.42 Å². The van der Waals surface area contributed by atoms with Crippen LogP contribution in [0.1, 0.15) is 29.9 Å². The molecule has 2 rings (SSSR count). The summed E-state index contributed by atoms with van der Waals surface area (Å²) in [6, 6.07) is 4.34. The van der Waals surface area contributed by atoms with Crippen molar-refractivity contribution in [1.29, 1.82) is 0 Å². The number of likely N-dealkylation sites (N-methyl/N-ethyl adjacent to an activating group) is 1. The van der Waals surface area contributed by atoms with E-state index in [1.54, 1.807) is 17.6 Å². The Bertz CT molecular complexity index is 419. The second-order valence-electron chi connectivity index (χ2n) is 3.90. The standard InChI is InChI=1S/C13H17NOS/c1-3-14-13(7-11-5-4-6-15-11)12-9-16-8-10(12)2/h4-6,8-9,13-14H,3,7H2,1-2H3. The maximum atomic E-state index is 5.41. The van der Waals surface area contributed by atoms with E-state index in [0.717, 1.165) is 18.7 Å². The van der Waals surface area contributed by atoms with E-state index in [0.29, 0.717) is 6.04 Å². The number of aryl methyl sites for hydroxylation is 1. The minimum Gasteiger partial charge on any atom is -0.469 e. The van der Waals surface area contributed by atoms with Crippen LogP contribution in [0, 0.1) is 6.92 Å². The summed E-state index contributed by atoms with van der Waals surface area (Å²) in [5.41, 5.74) is 2.76. The summed E-state index contributed by atoms with van der Waals surface area (Å²) in [7, 11) is 0. The predicted octanol–water partition coefficient (Wildman–Crippen LogP) is 3.54. The van der Waals surface area contributed by atoms with Gasteiger partial charge in [-0.3, -0.25) is 0 Å². The molecule has 2 aromatic rings. The monoisotopic (exact) mass is 235 g/mol. The molecule has 0 saturated carbocycles. The molecule has 0 bridgehead atoms. The van der Waals surface area contributed by atoms with Gasteiger partial charge in [-0.05, 0) is 47.5 Å². The molecular weight excluding hydrogens is 218 g/mol. The molecule has 0 spiro atoms. The predicted molar refractivity (Wildman–Crippen MR) is 67.9 cm³/mol. The molecule has 1 atom stereocenters. The Balaban J connectivity index is 2.14. The molecule has 2 aromatic heterocycles. The molecule has 1 unspecified atom stereocenters. The molecule has 0 aliphatic carbocycles. The Kier molecular flexibility index (Phi) is 3.80. The minimum absolute atomic E-state index is 0.363. The van der Waals surface area contributed by atoms with Gasteiger partial charge in [0.05, 0.1) is 6.26 Å². The summed E-state index contributed by atoms with van der Waals surface area (Å²) in [6.07, 6.45) is 2.65. The highest BCUT2D eigenvalue weighted by molar-refractivity contribution is 7.08. The second-order valence-corrected chi connectivity index (χ2v) is 4.65. The first-order valence-electron chi connectivity index (χ1n) is 5.59. The average molecular weight is 235 g/mol. The summed E-state index contributed by atoms with van der Waals surface area (Å²) >= 11 is 1.76. The maximum absolute atomic E-state index is 5.41. The van der Waals surface area contributed by atoms with Gasteiger partial charge < -0.3 is 9.73 Å². The zero-order valence-electron chi connectivity index (χ0n) is 9.69. The number of nitrogens with one attached hydrogen (secondary N) is 1. The Labute approximate surface area is 100 Å². The van der Waals surface area contributed by atoms with E-state index in [1.165, 1.54) is 11.1 Å². The van der Waals surface area contributed by atoms with Crippen molar-refractivity contribution in [2.24, 2.45) is 0 Å². The lowest BCUT2D eigenvalue weighted by atomic mass is 10.0. The number of rotatable bonds is 5. The first-order valence-corrected chi connectivity index (χ1v) is 6.54.